The zero-order valence-electron chi connectivity index (χ0n) is 25.4. The first-order valence-electron chi connectivity index (χ1n) is 14.5. The minimum Gasteiger partial charge on any atom is -0.456 e. The number of pyridine rings is 1. The molecule has 0 aliphatic carbocycles. The average molecular weight is 503 g/mol. The number of hydrogen-bond acceptors (Lipinski definition) is 3. The number of fused-ring (bicyclic) bond motifs is 6. The fraction of sp³-hybridized carbons (Fsp3) is 0.0909. The van der Waals surface area contributed by atoms with Crippen molar-refractivity contribution in [3.63, 3.8) is 0 Å². The van der Waals surface area contributed by atoms with E-state index >= 15 is 4.39 Å². The van der Waals surface area contributed by atoms with E-state index in [0.717, 1.165) is 21.9 Å². The van der Waals surface area contributed by atoms with Gasteiger partial charge in [-0.05, 0) is 55.2 Å². The highest BCUT2D eigenvalue weighted by atomic mass is 19.1. The van der Waals surface area contributed by atoms with Gasteiger partial charge in [-0.15, -0.1) is 0 Å². The molecule has 0 fully saturated rings. The Morgan fingerprint density at radius 1 is 0.895 bits per heavy atom. The third kappa shape index (κ3) is 3.17. The van der Waals surface area contributed by atoms with E-state index in [1.54, 1.807) is 25.1 Å². The number of benzene rings is 4. The van der Waals surface area contributed by atoms with Gasteiger partial charge in [-0.1, -0.05) is 36.4 Å². The zero-order valence-corrected chi connectivity index (χ0v) is 20.4. The van der Waals surface area contributed by atoms with Crippen molar-refractivity contribution < 1.29 is 24.6 Å². The van der Waals surface area contributed by atoms with Gasteiger partial charge < -0.3 is 8.83 Å². The number of nitriles is 1. The van der Waals surface area contributed by atoms with Crippen LogP contribution in [0, 0.1) is 30.9 Å². The van der Waals surface area contributed by atoms with Crippen LogP contribution >= 0.6 is 0 Å². The molecular weight excluding hydrogens is 475 g/mol. The average Bonchev–Trinajstić information content (AvgIpc) is 3.54. The molecule has 5 heteroatoms. The number of furan rings is 2. The minimum absolute atomic E-state index is 0.0170. The van der Waals surface area contributed by atoms with Crippen LogP contribution in [0.4, 0.5) is 4.39 Å². The van der Waals surface area contributed by atoms with Crippen LogP contribution in [0.2, 0.25) is 0 Å². The summed E-state index contributed by atoms with van der Waals surface area (Å²) in [7, 11) is 1.44. The van der Waals surface area contributed by atoms with Crippen molar-refractivity contribution in [2.75, 3.05) is 0 Å². The second kappa shape index (κ2) is 8.03. The molecule has 182 valence electrons. The first-order valence-corrected chi connectivity index (χ1v) is 12.0. The summed E-state index contributed by atoms with van der Waals surface area (Å²) in [5, 5.41) is 13.1. The number of aryl methyl sites for hydroxylation is 1. The molecule has 3 heterocycles. The normalized spacial score (nSPS) is 13.9. The molecule has 0 amide bonds. The van der Waals surface area contributed by atoms with Gasteiger partial charge in [0.05, 0.1) is 18.6 Å². The van der Waals surface area contributed by atoms with Gasteiger partial charge in [0.25, 0.3) is 0 Å². The lowest BCUT2D eigenvalue weighted by atomic mass is 9.97. The predicted molar refractivity (Wildman–Crippen MR) is 147 cm³/mol. The van der Waals surface area contributed by atoms with Crippen LogP contribution in [0.1, 0.15) is 23.5 Å². The van der Waals surface area contributed by atoms with Crippen LogP contribution in [0.25, 0.3) is 66.3 Å². The standard InChI is InChI=1S/C33H22FN2O2/c1-18-8-10-24-26-13-20(16-35)12-25(21-9-11-23-22-6-4-5-7-29(22)37-30(23)14-21)32(26)38-33(24)31(18)28-15-27(34)19(2)17-36(28)3/h4-15,17H,1-3H3/q+1/i2D3,15D,17D. The minimum atomic E-state index is -2.91. The van der Waals surface area contributed by atoms with Gasteiger partial charge in [-0.25, -0.2) is 8.96 Å². The molecule has 0 saturated carbocycles. The monoisotopic (exact) mass is 502 g/mol. The molecule has 4 nitrogen and oxygen atoms in total. The Labute approximate surface area is 224 Å². The van der Waals surface area contributed by atoms with E-state index in [1.807, 2.05) is 48.5 Å². The molecular formula is C33H22FN2O2+. The highest BCUT2D eigenvalue weighted by Gasteiger charge is 2.24. The zero-order chi connectivity index (χ0) is 30.4. The van der Waals surface area contributed by atoms with Gasteiger partial charge in [-0.3, -0.25) is 0 Å². The van der Waals surface area contributed by atoms with Crippen LogP contribution in [-0.4, -0.2) is 0 Å². The fourth-order valence-electron chi connectivity index (χ4n) is 5.26. The lowest BCUT2D eigenvalue weighted by Gasteiger charge is -2.06. The maximum atomic E-state index is 15.5. The number of nitrogens with zero attached hydrogens (tertiary/aromatic N) is 2. The molecule has 3 aromatic heterocycles. The van der Waals surface area contributed by atoms with E-state index in [-0.39, 0.29) is 5.69 Å². The number of rotatable bonds is 2. The van der Waals surface area contributed by atoms with Crippen LogP contribution in [-0.2, 0) is 7.05 Å². The largest absolute Gasteiger partial charge is 0.456 e. The van der Waals surface area contributed by atoms with E-state index in [0.29, 0.717) is 49.8 Å². The van der Waals surface area contributed by atoms with Crippen molar-refractivity contribution in [3.05, 3.63) is 101 Å². The van der Waals surface area contributed by atoms with Crippen LogP contribution in [0.15, 0.2) is 87.8 Å². The number of aromatic nitrogens is 1. The van der Waals surface area contributed by atoms with E-state index in [4.69, 9.17) is 15.7 Å². The molecule has 38 heavy (non-hydrogen) atoms. The van der Waals surface area contributed by atoms with Gasteiger partial charge in [0.1, 0.15) is 36.6 Å². The van der Waals surface area contributed by atoms with Crippen molar-refractivity contribution >= 4 is 43.9 Å². The molecule has 0 spiro atoms. The van der Waals surface area contributed by atoms with Gasteiger partial charge in [0, 0.05) is 42.8 Å². The highest BCUT2D eigenvalue weighted by molar-refractivity contribution is 6.14. The van der Waals surface area contributed by atoms with E-state index in [2.05, 4.69) is 6.07 Å². The fourth-order valence-corrected chi connectivity index (χ4v) is 5.26. The Bertz CT molecular complexity index is 2330. The molecule has 0 radical (unpaired) electrons. The summed E-state index contributed by atoms with van der Waals surface area (Å²) >= 11 is 0. The molecule has 7 aromatic rings. The molecule has 0 unspecified atom stereocenters. The van der Waals surface area contributed by atoms with Gasteiger partial charge in [-0.2, -0.15) is 5.26 Å². The molecule has 0 aliphatic heterocycles. The third-order valence-corrected chi connectivity index (χ3v) is 7.07. The summed E-state index contributed by atoms with van der Waals surface area (Å²) < 4.78 is 69.6. The number of hydrogen-bond donors (Lipinski definition) is 0. The van der Waals surface area contributed by atoms with Crippen molar-refractivity contribution in [1.82, 2.24) is 0 Å². The van der Waals surface area contributed by atoms with Crippen LogP contribution < -0.4 is 4.57 Å². The van der Waals surface area contributed by atoms with E-state index in [1.165, 1.54) is 11.6 Å². The first-order chi connectivity index (χ1) is 20.5. The molecule has 0 aliphatic rings. The molecule has 0 saturated heterocycles. The molecule has 0 bridgehead atoms. The lowest BCUT2D eigenvalue weighted by Crippen LogP contribution is -2.31. The second-order valence-electron chi connectivity index (χ2n) is 9.39. The predicted octanol–water partition coefficient (Wildman–Crippen LogP) is 8.27. The summed E-state index contributed by atoms with van der Waals surface area (Å²) in [5.41, 5.74) is 4.30. The Kier molecular flexibility index (Phi) is 3.70. The lowest BCUT2D eigenvalue weighted by molar-refractivity contribution is -0.661. The Hall–Kier alpha value is -4.95. The summed E-state index contributed by atoms with van der Waals surface area (Å²) in [5.74, 6) is -1.27. The topological polar surface area (TPSA) is 54.0 Å². The quantitative estimate of drug-likeness (QED) is 0.224. The Morgan fingerprint density at radius 2 is 1.71 bits per heavy atom. The highest BCUT2D eigenvalue weighted by Crippen LogP contribution is 2.42. The van der Waals surface area contributed by atoms with Crippen LogP contribution in [0.3, 0.4) is 0 Å². The first kappa shape index (κ1) is 17.5. The summed E-state index contributed by atoms with van der Waals surface area (Å²) in [6.07, 6.45) is -0.553. The number of para-hydroxylation sites is 1. The molecule has 4 aromatic carbocycles. The van der Waals surface area contributed by atoms with E-state index < -0.39 is 30.4 Å². The van der Waals surface area contributed by atoms with Crippen molar-refractivity contribution in [1.29, 1.82) is 5.26 Å². The van der Waals surface area contributed by atoms with Crippen molar-refractivity contribution in [3.8, 4) is 28.5 Å². The van der Waals surface area contributed by atoms with Gasteiger partial charge >= 0.3 is 0 Å². The molecule has 7 rings (SSSR count). The van der Waals surface area contributed by atoms with Gasteiger partial charge in [0.15, 0.2) is 6.17 Å². The third-order valence-electron chi connectivity index (χ3n) is 7.07. The maximum absolute atomic E-state index is 15.5. The van der Waals surface area contributed by atoms with Crippen molar-refractivity contribution in [2.24, 2.45) is 7.05 Å². The van der Waals surface area contributed by atoms with E-state index in [9.17, 15) is 5.26 Å². The summed E-state index contributed by atoms with van der Waals surface area (Å²) in [6, 6.07) is 22.3. The Balaban J connectivity index is 1.54. The summed E-state index contributed by atoms with van der Waals surface area (Å²) in [4.78, 5) is 0. The maximum Gasteiger partial charge on any atom is 0.219 e. The smallest absolute Gasteiger partial charge is 0.219 e. The van der Waals surface area contributed by atoms with Crippen molar-refractivity contribution in [2.45, 2.75) is 13.8 Å². The summed E-state index contributed by atoms with van der Waals surface area (Å²) in [6.45, 7) is -1.13. The van der Waals surface area contributed by atoms with Gasteiger partial charge in [0.2, 0.25) is 5.69 Å². The van der Waals surface area contributed by atoms with Crippen LogP contribution in [0.5, 0.6) is 0 Å². The molecule has 0 N–H and O–H groups in total. The molecule has 0 atom stereocenters. The Morgan fingerprint density at radius 3 is 2.55 bits per heavy atom. The second-order valence-corrected chi connectivity index (χ2v) is 9.39. The number of halogens is 1. The SMILES string of the molecule is [2H]c1c(F)c(C([2H])([2H])[2H])c([2H])[n+](C)c1-c1c(C)ccc2c1oc1c(-c3ccc4c(c3)oc3ccccc34)cc(C#N)cc12.